The lowest BCUT2D eigenvalue weighted by molar-refractivity contribution is 0.273. The zero-order valence-electron chi connectivity index (χ0n) is 14.5. The van der Waals surface area contributed by atoms with Gasteiger partial charge in [0.15, 0.2) is 0 Å². The summed E-state index contributed by atoms with van der Waals surface area (Å²) in [5.74, 6) is 1.82. The Kier molecular flexibility index (Phi) is 8.19. The predicted octanol–water partition coefficient (Wildman–Crippen LogP) is 5.07. The zero-order valence-corrected chi connectivity index (χ0v) is 14.5. The molecule has 0 amide bonds. The molecule has 0 radical (unpaired) electrons. The average molecular weight is 328 g/mol. The number of aliphatic hydroxyl groups excluding tert-OH is 1. The Hall–Kier alpha value is -2.00. The highest BCUT2D eigenvalue weighted by atomic mass is 16.5. The highest BCUT2D eigenvalue weighted by Crippen LogP contribution is 2.24. The zero-order chi connectivity index (χ0) is 17.0. The van der Waals surface area contributed by atoms with E-state index in [2.05, 4.69) is 31.2 Å². The van der Waals surface area contributed by atoms with Crippen LogP contribution < -0.4 is 9.47 Å². The molecule has 2 aromatic rings. The Morgan fingerprint density at radius 1 is 0.667 bits per heavy atom. The lowest BCUT2D eigenvalue weighted by Crippen LogP contribution is -1.97. The van der Waals surface area contributed by atoms with Crippen LogP contribution in [0.5, 0.6) is 11.5 Å². The van der Waals surface area contributed by atoms with Crippen LogP contribution >= 0.6 is 0 Å². The van der Waals surface area contributed by atoms with Crippen molar-refractivity contribution >= 4 is 0 Å². The molecule has 0 atom stereocenters. The summed E-state index contributed by atoms with van der Waals surface area (Å²) >= 11 is 0. The molecule has 130 valence electrons. The van der Waals surface area contributed by atoms with Crippen molar-refractivity contribution in [2.24, 2.45) is 0 Å². The minimum atomic E-state index is 0.286. The lowest BCUT2D eigenvalue weighted by Gasteiger charge is -2.08. The predicted molar refractivity (Wildman–Crippen MR) is 98.7 cm³/mol. The third kappa shape index (κ3) is 6.25. The first-order chi connectivity index (χ1) is 11.8. The molecular formula is C21H28O3. The van der Waals surface area contributed by atoms with Crippen LogP contribution in [0.4, 0.5) is 0 Å². The van der Waals surface area contributed by atoms with E-state index in [9.17, 15) is 0 Å². The van der Waals surface area contributed by atoms with Gasteiger partial charge in [0.25, 0.3) is 0 Å². The van der Waals surface area contributed by atoms with Crippen molar-refractivity contribution in [3.63, 3.8) is 0 Å². The van der Waals surface area contributed by atoms with E-state index in [0.29, 0.717) is 0 Å². The molecule has 0 aliphatic carbocycles. The first-order valence-corrected chi connectivity index (χ1v) is 8.90. The van der Waals surface area contributed by atoms with E-state index in [1.165, 1.54) is 11.1 Å². The molecule has 0 aromatic heterocycles. The topological polar surface area (TPSA) is 38.7 Å². The van der Waals surface area contributed by atoms with Gasteiger partial charge in [-0.25, -0.2) is 0 Å². The number of hydrogen-bond donors (Lipinski definition) is 1. The average Bonchev–Trinajstić information content (AvgIpc) is 2.64. The van der Waals surface area contributed by atoms with Gasteiger partial charge in [-0.3, -0.25) is 0 Å². The molecule has 2 rings (SSSR count). The summed E-state index contributed by atoms with van der Waals surface area (Å²) in [6.07, 6.45) is 5.10. The summed E-state index contributed by atoms with van der Waals surface area (Å²) in [4.78, 5) is 0. The van der Waals surface area contributed by atoms with Gasteiger partial charge in [-0.2, -0.15) is 0 Å². The van der Waals surface area contributed by atoms with Gasteiger partial charge < -0.3 is 14.6 Å². The molecule has 0 fully saturated rings. The molecule has 2 aromatic carbocycles. The van der Waals surface area contributed by atoms with Crippen molar-refractivity contribution in [2.45, 2.75) is 39.0 Å². The molecule has 0 spiro atoms. The van der Waals surface area contributed by atoms with Crippen LogP contribution in [0.3, 0.4) is 0 Å². The fraction of sp³-hybridized carbons (Fsp3) is 0.429. The Balaban J connectivity index is 1.80. The normalized spacial score (nSPS) is 10.6. The van der Waals surface area contributed by atoms with Crippen LogP contribution in [0.2, 0.25) is 0 Å². The van der Waals surface area contributed by atoms with Crippen LogP contribution in [0.15, 0.2) is 48.5 Å². The largest absolute Gasteiger partial charge is 0.494 e. The first-order valence-electron chi connectivity index (χ1n) is 8.90. The number of aliphatic hydroxyl groups is 1. The second-order valence-corrected chi connectivity index (χ2v) is 5.88. The molecule has 3 heteroatoms. The summed E-state index contributed by atoms with van der Waals surface area (Å²) < 4.78 is 11.4. The van der Waals surface area contributed by atoms with Crippen molar-refractivity contribution in [1.29, 1.82) is 0 Å². The summed E-state index contributed by atoms with van der Waals surface area (Å²) in [6, 6.07) is 16.4. The monoisotopic (exact) mass is 328 g/mol. The molecule has 0 aliphatic heterocycles. The smallest absolute Gasteiger partial charge is 0.119 e. The maximum Gasteiger partial charge on any atom is 0.119 e. The highest BCUT2D eigenvalue weighted by Gasteiger charge is 2.00. The molecule has 0 unspecified atom stereocenters. The summed E-state index contributed by atoms with van der Waals surface area (Å²) in [5.41, 5.74) is 2.35. The molecule has 0 saturated carbocycles. The van der Waals surface area contributed by atoms with Gasteiger partial charge >= 0.3 is 0 Å². The molecule has 0 aliphatic rings. The van der Waals surface area contributed by atoms with Gasteiger partial charge in [-0.1, -0.05) is 37.6 Å². The van der Waals surface area contributed by atoms with Gasteiger partial charge in [0.05, 0.1) is 13.2 Å². The number of ether oxygens (including phenoxy) is 2. The van der Waals surface area contributed by atoms with E-state index in [1.807, 2.05) is 24.3 Å². The fourth-order valence-corrected chi connectivity index (χ4v) is 2.46. The number of rotatable bonds is 11. The van der Waals surface area contributed by atoms with Gasteiger partial charge in [0, 0.05) is 6.61 Å². The maximum absolute atomic E-state index is 8.74. The van der Waals surface area contributed by atoms with E-state index in [1.54, 1.807) is 0 Å². The Bertz CT molecular complexity index is 561. The standard InChI is InChI=1S/C21H28O3/c1-2-16-23-20-11-7-18(8-12-20)19-9-13-21(14-10-19)24-17-6-4-3-5-15-22/h7-14,22H,2-6,15-17H2,1H3. The van der Waals surface area contributed by atoms with Crippen LogP contribution in [-0.4, -0.2) is 24.9 Å². The van der Waals surface area contributed by atoms with Crippen molar-refractivity contribution < 1.29 is 14.6 Å². The number of hydrogen-bond acceptors (Lipinski definition) is 3. The molecule has 3 nitrogen and oxygen atoms in total. The fourth-order valence-electron chi connectivity index (χ4n) is 2.46. The van der Waals surface area contributed by atoms with Gasteiger partial charge in [-0.05, 0) is 61.1 Å². The van der Waals surface area contributed by atoms with Crippen molar-refractivity contribution in [3.05, 3.63) is 48.5 Å². The quantitative estimate of drug-likeness (QED) is 0.585. The van der Waals surface area contributed by atoms with Crippen molar-refractivity contribution in [1.82, 2.24) is 0 Å². The van der Waals surface area contributed by atoms with E-state index in [-0.39, 0.29) is 6.61 Å². The van der Waals surface area contributed by atoms with Gasteiger partial charge in [0.1, 0.15) is 11.5 Å². The maximum atomic E-state index is 8.74. The molecule has 0 heterocycles. The van der Waals surface area contributed by atoms with Gasteiger partial charge in [-0.15, -0.1) is 0 Å². The second kappa shape index (κ2) is 10.7. The molecule has 1 N–H and O–H groups in total. The highest BCUT2D eigenvalue weighted by molar-refractivity contribution is 5.64. The van der Waals surface area contributed by atoms with Crippen LogP contribution in [0.1, 0.15) is 39.0 Å². The van der Waals surface area contributed by atoms with Crippen molar-refractivity contribution in [2.75, 3.05) is 19.8 Å². The lowest BCUT2D eigenvalue weighted by atomic mass is 10.1. The third-order valence-corrected chi connectivity index (χ3v) is 3.84. The second-order valence-electron chi connectivity index (χ2n) is 5.88. The first kappa shape index (κ1) is 18.3. The summed E-state index contributed by atoms with van der Waals surface area (Å²) in [7, 11) is 0. The van der Waals surface area contributed by atoms with Crippen LogP contribution in [-0.2, 0) is 0 Å². The molecular weight excluding hydrogens is 300 g/mol. The minimum absolute atomic E-state index is 0.286. The Labute approximate surface area is 145 Å². The van der Waals surface area contributed by atoms with E-state index < -0.39 is 0 Å². The molecule has 0 bridgehead atoms. The van der Waals surface area contributed by atoms with Crippen molar-refractivity contribution in [3.8, 4) is 22.6 Å². The van der Waals surface area contributed by atoms with E-state index >= 15 is 0 Å². The number of unbranched alkanes of at least 4 members (excludes halogenated alkanes) is 3. The number of benzene rings is 2. The molecule has 24 heavy (non-hydrogen) atoms. The third-order valence-electron chi connectivity index (χ3n) is 3.84. The molecule has 0 saturated heterocycles. The summed E-state index contributed by atoms with van der Waals surface area (Å²) in [5, 5.41) is 8.74. The van der Waals surface area contributed by atoms with Gasteiger partial charge in [0.2, 0.25) is 0 Å². The minimum Gasteiger partial charge on any atom is -0.494 e. The van der Waals surface area contributed by atoms with E-state index in [4.69, 9.17) is 14.6 Å². The Morgan fingerprint density at radius 3 is 1.67 bits per heavy atom. The van der Waals surface area contributed by atoms with Crippen LogP contribution in [0, 0.1) is 0 Å². The van der Waals surface area contributed by atoms with E-state index in [0.717, 1.165) is 56.8 Å². The SMILES string of the molecule is CCCOc1ccc(-c2ccc(OCCCCCCO)cc2)cc1. The summed E-state index contributed by atoms with van der Waals surface area (Å²) in [6.45, 7) is 3.88. The van der Waals surface area contributed by atoms with Crippen LogP contribution in [0.25, 0.3) is 11.1 Å². The Morgan fingerprint density at radius 2 is 1.17 bits per heavy atom.